The van der Waals surface area contributed by atoms with Crippen molar-refractivity contribution in [3.8, 4) is 0 Å². The monoisotopic (exact) mass is 298 g/mol. The van der Waals surface area contributed by atoms with Gasteiger partial charge in [0.1, 0.15) is 41.5 Å². The van der Waals surface area contributed by atoms with Crippen LogP contribution in [0.15, 0.2) is 20.0 Å². The minimum atomic E-state index is -1.26. The molecule has 0 aliphatic carbocycles. The maximum absolute atomic E-state index is 9.98. The molecule has 3 N–H and O–H groups in total. The summed E-state index contributed by atoms with van der Waals surface area (Å²) in [6.07, 6.45) is -1.37. The van der Waals surface area contributed by atoms with Crippen LogP contribution in [0.3, 0.4) is 0 Å². The molecule has 0 spiro atoms. The molecule has 9 heteroatoms. The summed E-state index contributed by atoms with van der Waals surface area (Å²) in [7, 11) is 0. The van der Waals surface area contributed by atoms with E-state index < -0.39 is 29.9 Å². The van der Waals surface area contributed by atoms with Crippen molar-refractivity contribution in [2.24, 2.45) is 20.0 Å². The molecule has 0 amide bonds. The summed E-state index contributed by atoms with van der Waals surface area (Å²) in [6, 6.07) is -0.375. The second-order valence-electron chi connectivity index (χ2n) is 4.67. The first-order valence-electron chi connectivity index (χ1n) is 6.14. The lowest BCUT2D eigenvalue weighted by Crippen LogP contribution is -2.56. The van der Waals surface area contributed by atoms with Crippen LogP contribution in [-0.2, 0) is 4.74 Å². The Morgan fingerprint density at radius 3 is 2.70 bits per heavy atom. The number of thioether (sulfide) groups is 1. The quantitative estimate of drug-likeness (QED) is 0.561. The molecule has 108 valence electrons. The number of hydrogen-bond acceptors (Lipinski definition) is 9. The van der Waals surface area contributed by atoms with Crippen LogP contribution in [0.1, 0.15) is 6.92 Å². The van der Waals surface area contributed by atoms with Crippen molar-refractivity contribution in [3.05, 3.63) is 0 Å². The summed E-state index contributed by atoms with van der Waals surface area (Å²) in [5.74, 6) is 0.543. The molecule has 3 aliphatic heterocycles. The number of aliphatic imine (C=N–C) groups is 4. The highest BCUT2D eigenvalue weighted by Crippen LogP contribution is 2.31. The molecule has 0 bridgehead atoms. The predicted molar refractivity (Wildman–Crippen MR) is 75.6 cm³/mol. The zero-order valence-electron chi connectivity index (χ0n) is 10.6. The first-order chi connectivity index (χ1) is 9.58. The lowest BCUT2D eigenvalue weighted by atomic mass is 10.0. The van der Waals surface area contributed by atoms with E-state index in [-0.39, 0.29) is 6.04 Å². The minimum Gasteiger partial charge on any atom is -0.388 e. The van der Waals surface area contributed by atoms with E-state index in [1.807, 2.05) is 0 Å². The Morgan fingerprint density at radius 2 is 1.90 bits per heavy atom. The third-order valence-corrected chi connectivity index (χ3v) is 4.50. The van der Waals surface area contributed by atoms with Crippen molar-refractivity contribution in [2.75, 3.05) is 0 Å². The maximum atomic E-state index is 9.98. The molecule has 3 rings (SSSR count). The average Bonchev–Trinajstić information content (AvgIpc) is 2.92. The molecule has 6 atom stereocenters. The largest absolute Gasteiger partial charge is 0.388 e. The fourth-order valence-corrected chi connectivity index (χ4v) is 3.29. The van der Waals surface area contributed by atoms with Crippen LogP contribution in [0.2, 0.25) is 0 Å². The van der Waals surface area contributed by atoms with Gasteiger partial charge in [0.25, 0.3) is 0 Å². The van der Waals surface area contributed by atoms with Crippen LogP contribution in [0.5, 0.6) is 0 Å². The molecule has 0 aromatic carbocycles. The highest BCUT2D eigenvalue weighted by molar-refractivity contribution is 8.14. The fraction of sp³-hybridized carbons (Fsp3) is 0.636. The molecule has 3 heterocycles. The molecular weight excluding hydrogens is 284 g/mol. The van der Waals surface area contributed by atoms with E-state index >= 15 is 0 Å². The Balaban J connectivity index is 1.74. The first-order valence-corrected chi connectivity index (χ1v) is 7.02. The van der Waals surface area contributed by atoms with Crippen LogP contribution < -0.4 is 0 Å². The number of ether oxygens (including phenoxy) is 1. The first kappa shape index (κ1) is 13.8. The topological polar surface area (TPSA) is 119 Å². The fourth-order valence-electron chi connectivity index (χ4n) is 2.11. The van der Waals surface area contributed by atoms with E-state index in [2.05, 4.69) is 20.0 Å². The van der Waals surface area contributed by atoms with Gasteiger partial charge in [-0.05, 0) is 6.92 Å². The van der Waals surface area contributed by atoms with Crippen molar-refractivity contribution >= 4 is 35.3 Å². The van der Waals surface area contributed by atoms with E-state index in [0.29, 0.717) is 10.9 Å². The molecule has 0 aromatic rings. The lowest BCUT2D eigenvalue weighted by Gasteiger charge is -2.39. The average molecular weight is 298 g/mol. The summed E-state index contributed by atoms with van der Waals surface area (Å²) < 4.78 is 5.52. The van der Waals surface area contributed by atoms with Gasteiger partial charge in [-0.15, -0.1) is 0 Å². The Kier molecular flexibility index (Phi) is 3.69. The van der Waals surface area contributed by atoms with E-state index in [4.69, 9.17) is 4.74 Å². The van der Waals surface area contributed by atoms with Crippen molar-refractivity contribution in [1.29, 1.82) is 0 Å². The van der Waals surface area contributed by atoms with E-state index in [9.17, 15) is 15.3 Å². The SMILES string of the molecule is CC1OC(SC2=NC=NC3=NC=NC32)C(O)C(O)C1O. The third kappa shape index (κ3) is 2.31. The van der Waals surface area contributed by atoms with Gasteiger partial charge >= 0.3 is 0 Å². The number of fused-ring (bicyclic) bond motifs is 1. The molecule has 3 aliphatic rings. The van der Waals surface area contributed by atoms with Gasteiger partial charge in [0.2, 0.25) is 0 Å². The van der Waals surface area contributed by atoms with Crippen LogP contribution in [-0.4, -0.2) is 74.8 Å². The molecule has 0 radical (unpaired) electrons. The van der Waals surface area contributed by atoms with Gasteiger partial charge in [0, 0.05) is 0 Å². The van der Waals surface area contributed by atoms with Crippen molar-refractivity contribution in [3.63, 3.8) is 0 Å². The van der Waals surface area contributed by atoms with Crippen molar-refractivity contribution in [2.45, 2.75) is 42.8 Å². The molecule has 0 aromatic heterocycles. The summed E-state index contributed by atoms with van der Waals surface area (Å²) in [5.41, 5.74) is -0.731. The van der Waals surface area contributed by atoms with Crippen LogP contribution >= 0.6 is 11.8 Å². The normalized spacial score (nSPS) is 43.2. The van der Waals surface area contributed by atoms with Gasteiger partial charge in [-0.25, -0.2) is 15.0 Å². The Morgan fingerprint density at radius 1 is 1.10 bits per heavy atom. The molecule has 8 nitrogen and oxygen atoms in total. The van der Waals surface area contributed by atoms with E-state index in [1.54, 1.807) is 6.92 Å². The third-order valence-electron chi connectivity index (χ3n) is 3.30. The molecular formula is C11H14N4O4S. The van der Waals surface area contributed by atoms with Crippen molar-refractivity contribution in [1.82, 2.24) is 0 Å². The van der Waals surface area contributed by atoms with Crippen LogP contribution in [0.25, 0.3) is 0 Å². The Labute approximate surface area is 119 Å². The molecule has 20 heavy (non-hydrogen) atoms. The maximum Gasteiger partial charge on any atom is 0.163 e. The van der Waals surface area contributed by atoms with Gasteiger partial charge in [0.15, 0.2) is 11.9 Å². The van der Waals surface area contributed by atoms with Gasteiger partial charge < -0.3 is 20.1 Å². The Bertz CT molecular complexity index is 521. The number of hydrogen-bond donors (Lipinski definition) is 3. The number of rotatable bonds is 1. The molecule has 0 saturated carbocycles. The highest BCUT2D eigenvalue weighted by Gasteiger charge is 2.43. The lowest BCUT2D eigenvalue weighted by molar-refractivity contribution is -0.192. The van der Waals surface area contributed by atoms with Gasteiger partial charge in [-0.3, -0.25) is 4.99 Å². The highest BCUT2D eigenvalue weighted by atomic mass is 32.2. The molecule has 6 unspecified atom stereocenters. The van der Waals surface area contributed by atoms with E-state index in [1.165, 1.54) is 12.7 Å². The van der Waals surface area contributed by atoms with Crippen LogP contribution in [0, 0.1) is 0 Å². The minimum absolute atomic E-state index is 0.375. The van der Waals surface area contributed by atoms with Crippen molar-refractivity contribution < 1.29 is 20.1 Å². The number of aliphatic hydroxyl groups is 3. The standard InChI is InChI=1S/C11H14N4O4S/c1-4-6(16)7(17)8(18)11(19-4)20-10-5-9(13-2-12-5)14-3-15-10/h2-8,11,16-18H,1H3. The molecule has 1 fully saturated rings. The summed E-state index contributed by atoms with van der Waals surface area (Å²) in [5, 5.41) is 30.0. The zero-order chi connectivity index (χ0) is 14.3. The van der Waals surface area contributed by atoms with Crippen LogP contribution in [0.4, 0.5) is 0 Å². The number of nitrogens with zero attached hydrogens (tertiary/aromatic N) is 4. The zero-order valence-corrected chi connectivity index (χ0v) is 11.4. The number of amidine groups is 1. The summed E-state index contributed by atoms with van der Waals surface area (Å²) in [6.45, 7) is 1.64. The summed E-state index contributed by atoms with van der Waals surface area (Å²) >= 11 is 1.16. The van der Waals surface area contributed by atoms with Gasteiger partial charge in [-0.2, -0.15) is 0 Å². The summed E-state index contributed by atoms with van der Waals surface area (Å²) in [4.78, 5) is 16.3. The van der Waals surface area contributed by atoms with Gasteiger partial charge in [-0.1, -0.05) is 11.8 Å². The van der Waals surface area contributed by atoms with Gasteiger partial charge in [0.05, 0.1) is 6.10 Å². The smallest absolute Gasteiger partial charge is 0.163 e. The number of aliphatic hydroxyl groups excluding tert-OH is 3. The second kappa shape index (κ2) is 5.34. The predicted octanol–water partition coefficient (Wildman–Crippen LogP) is -1.20. The van der Waals surface area contributed by atoms with E-state index in [0.717, 1.165) is 11.8 Å². The second-order valence-corrected chi connectivity index (χ2v) is 5.78. The molecule has 1 saturated heterocycles. The Hall–Kier alpha value is -1.13.